The van der Waals surface area contributed by atoms with Crippen LogP contribution in [0.1, 0.15) is 19.8 Å². The molecule has 0 aromatic heterocycles. The molecule has 1 fully saturated rings. The Morgan fingerprint density at radius 2 is 2.30 bits per heavy atom. The summed E-state index contributed by atoms with van der Waals surface area (Å²) in [5.74, 6) is 1.13. The van der Waals surface area contributed by atoms with Crippen LogP contribution < -0.4 is 20.1 Å². The highest BCUT2D eigenvalue weighted by Crippen LogP contribution is 2.29. The average molecular weight is 345 g/mol. The van der Waals surface area contributed by atoms with Crippen molar-refractivity contribution in [3.63, 3.8) is 0 Å². The van der Waals surface area contributed by atoms with E-state index in [1.54, 1.807) is 13.2 Å². The van der Waals surface area contributed by atoms with E-state index in [0.717, 1.165) is 19.4 Å². The molecule has 7 heteroatoms. The molecular weight excluding hydrogens is 320 g/mol. The number of anilines is 1. The number of benzene rings is 1. The van der Waals surface area contributed by atoms with E-state index in [4.69, 9.17) is 14.2 Å². The van der Waals surface area contributed by atoms with Crippen molar-refractivity contribution in [2.45, 2.75) is 25.9 Å². The highest BCUT2D eigenvalue weighted by molar-refractivity contribution is 5.96. The second-order valence-electron chi connectivity index (χ2n) is 5.12. The summed E-state index contributed by atoms with van der Waals surface area (Å²) in [6.07, 6.45) is 1.54. The number of amides is 1. The predicted octanol–water partition coefficient (Wildman–Crippen LogP) is 2.22. The smallest absolute Gasteiger partial charge is 0.254 e. The normalized spacial score (nSPS) is 17.0. The highest BCUT2D eigenvalue weighted by atomic mass is 35.5. The van der Waals surface area contributed by atoms with Gasteiger partial charge in [-0.25, -0.2) is 0 Å². The fourth-order valence-corrected chi connectivity index (χ4v) is 2.13. The minimum atomic E-state index is -0.483. The zero-order chi connectivity index (χ0) is 15.8. The number of carbonyl (C=O) groups is 1. The summed E-state index contributed by atoms with van der Waals surface area (Å²) in [6, 6.07) is 5.38. The Morgan fingerprint density at radius 3 is 2.96 bits per heavy atom. The molecule has 1 aliphatic rings. The van der Waals surface area contributed by atoms with E-state index in [-0.39, 0.29) is 18.3 Å². The van der Waals surface area contributed by atoms with Crippen LogP contribution in [0.5, 0.6) is 11.5 Å². The van der Waals surface area contributed by atoms with Gasteiger partial charge in [0, 0.05) is 19.2 Å². The molecule has 1 saturated heterocycles. The number of unbranched alkanes of at least 4 members (excludes halogenated alkanes) is 1. The molecule has 6 nitrogen and oxygen atoms in total. The van der Waals surface area contributed by atoms with E-state index in [1.165, 1.54) is 0 Å². The van der Waals surface area contributed by atoms with Crippen LogP contribution in [0.2, 0.25) is 0 Å². The highest BCUT2D eigenvalue weighted by Gasteiger charge is 2.22. The first kappa shape index (κ1) is 19.5. The van der Waals surface area contributed by atoms with Crippen molar-refractivity contribution < 1.29 is 19.0 Å². The Hall–Kier alpha value is -1.50. The second kappa shape index (κ2) is 10.3. The van der Waals surface area contributed by atoms with Crippen molar-refractivity contribution in [1.82, 2.24) is 5.32 Å². The largest absolute Gasteiger partial charge is 0.497 e. The van der Waals surface area contributed by atoms with Crippen LogP contribution in [0.25, 0.3) is 0 Å². The molecule has 0 bridgehead atoms. The van der Waals surface area contributed by atoms with Gasteiger partial charge in [0.05, 0.1) is 26.0 Å². The monoisotopic (exact) mass is 344 g/mol. The van der Waals surface area contributed by atoms with E-state index in [1.807, 2.05) is 12.1 Å². The molecule has 1 amide bonds. The summed E-state index contributed by atoms with van der Waals surface area (Å²) in [4.78, 5) is 12.3. The van der Waals surface area contributed by atoms with Crippen molar-refractivity contribution in [2.75, 3.05) is 38.7 Å². The maximum atomic E-state index is 12.3. The van der Waals surface area contributed by atoms with Gasteiger partial charge in [0.2, 0.25) is 0 Å². The Bertz CT molecular complexity index is 493. The van der Waals surface area contributed by atoms with Gasteiger partial charge >= 0.3 is 0 Å². The van der Waals surface area contributed by atoms with Crippen LogP contribution in [0, 0.1) is 0 Å². The van der Waals surface area contributed by atoms with Gasteiger partial charge in [0.25, 0.3) is 5.91 Å². The SMILES string of the molecule is CCCCOc1ccc(OC)cc1NC(=O)C1CNCCO1.Cl. The van der Waals surface area contributed by atoms with Gasteiger partial charge in [-0.3, -0.25) is 4.79 Å². The molecule has 23 heavy (non-hydrogen) atoms. The van der Waals surface area contributed by atoms with Crippen molar-refractivity contribution in [2.24, 2.45) is 0 Å². The van der Waals surface area contributed by atoms with Gasteiger partial charge in [0.1, 0.15) is 17.6 Å². The second-order valence-corrected chi connectivity index (χ2v) is 5.12. The lowest BCUT2D eigenvalue weighted by Gasteiger charge is -2.23. The molecular formula is C16H25ClN2O4. The number of hydrogen-bond acceptors (Lipinski definition) is 5. The summed E-state index contributed by atoms with van der Waals surface area (Å²) in [6.45, 7) is 4.55. The molecule has 0 saturated carbocycles. The number of methoxy groups -OCH3 is 1. The first-order valence-corrected chi connectivity index (χ1v) is 7.68. The van der Waals surface area contributed by atoms with E-state index in [9.17, 15) is 4.79 Å². The summed E-state index contributed by atoms with van der Waals surface area (Å²) < 4.78 is 16.4. The standard InChI is InChI=1S/C16H24N2O4.ClH/c1-3-4-8-21-14-6-5-12(20-2)10-13(14)18-16(19)15-11-17-7-9-22-15;/h5-6,10,15,17H,3-4,7-9,11H2,1-2H3,(H,18,19);1H. The molecule has 0 aliphatic carbocycles. The van der Waals surface area contributed by atoms with Crippen LogP contribution in [0.15, 0.2) is 18.2 Å². The van der Waals surface area contributed by atoms with Crippen LogP contribution in [-0.2, 0) is 9.53 Å². The minimum absolute atomic E-state index is 0. The van der Waals surface area contributed by atoms with E-state index in [2.05, 4.69) is 17.6 Å². The number of morpholine rings is 1. The molecule has 2 rings (SSSR count). The van der Waals surface area contributed by atoms with Crippen LogP contribution >= 0.6 is 12.4 Å². The van der Waals surface area contributed by atoms with Gasteiger partial charge in [-0.1, -0.05) is 13.3 Å². The Kier molecular flexibility index (Phi) is 8.76. The molecule has 1 heterocycles. The molecule has 0 spiro atoms. The molecule has 1 unspecified atom stereocenters. The third-order valence-corrected chi connectivity index (χ3v) is 3.42. The number of nitrogens with one attached hydrogen (secondary N) is 2. The van der Waals surface area contributed by atoms with Crippen molar-refractivity contribution >= 4 is 24.0 Å². The molecule has 130 valence electrons. The van der Waals surface area contributed by atoms with E-state index >= 15 is 0 Å². The fourth-order valence-electron chi connectivity index (χ4n) is 2.13. The van der Waals surface area contributed by atoms with E-state index in [0.29, 0.717) is 36.9 Å². The van der Waals surface area contributed by atoms with Gasteiger partial charge in [-0.15, -0.1) is 12.4 Å². The quantitative estimate of drug-likeness (QED) is 0.742. The summed E-state index contributed by atoms with van der Waals surface area (Å²) in [7, 11) is 1.59. The third kappa shape index (κ3) is 5.89. The van der Waals surface area contributed by atoms with Crippen molar-refractivity contribution in [1.29, 1.82) is 0 Å². The maximum Gasteiger partial charge on any atom is 0.254 e. The van der Waals surface area contributed by atoms with Gasteiger partial charge in [-0.2, -0.15) is 0 Å². The van der Waals surface area contributed by atoms with Crippen LogP contribution in [0.3, 0.4) is 0 Å². The number of hydrogen-bond donors (Lipinski definition) is 2. The first-order valence-electron chi connectivity index (χ1n) is 7.68. The van der Waals surface area contributed by atoms with Gasteiger partial charge in [0.15, 0.2) is 0 Å². The number of carbonyl (C=O) groups excluding carboxylic acids is 1. The summed E-state index contributed by atoms with van der Waals surface area (Å²) in [5, 5.41) is 6.01. The molecule has 1 aromatic carbocycles. The number of halogens is 1. The topological polar surface area (TPSA) is 68.8 Å². The van der Waals surface area contributed by atoms with E-state index < -0.39 is 6.10 Å². The first-order chi connectivity index (χ1) is 10.7. The number of rotatable bonds is 7. The molecule has 1 aliphatic heterocycles. The summed E-state index contributed by atoms with van der Waals surface area (Å²) >= 11 is 0. The summed E-state index contributed by atoms with van der Waals surface area (Å²) in [5.41, 5.74) is 0.606. The predicted molar refractivity (Wildman–Crippen MR) is 91.9 cm³/mol. The average Bonchev–Trinajstić information content (AvgIpc) is 2.57. The van der Waals surface area contributed by atoms with Crippen molar-refractivity contribution in [3.05, 3.63) is 18.2 Å². The Labute approximate surface area is 143 Å². The molecule has 2 N–H and O–H groups in total. The zero-order valence-corrected chi connectivity index (χ0v) is 14.4. The van der Waals surface area contributed by atoms with Gasteiger partial charge < -0.3 is 24.8 Å². The number of ether oxygens (including phenoxy) is 3. The minimum Gasteiger partial charge on any atom is -0.497 e. The van der Waals surface area contributed by atoms with Crippen LogP contribution in [0.4, 0.5) is 5.69 Å². The van der Waals surface area contributed by atoms with Crippen LogP contribution in [-0.4, -0.2) is 45.4 Å². The van der Waals surface area contributed by atoms with Crippen molar-refractivity contribution in [3.8, 4) is 11.5 Å². The maximum absolute atomic E-state index is 12.3. The fraction of sp³-hybridized carbons (Fsp3) is 0.562. The lowest BCUT2D eigenvalue weighted by molar-refractivity contribution is -0.128. The molecule has 0 radical (unpaired) electrons. The molecule has 1 aromatic rings. The van der Waals surface area contributed by atoms with Gasteiger partial charge in [-0.05, 0) is 18.6 Å². The zero-order valence-electron chi connectivity index (χ0n) is 13.6. The lowest BCUT2D eigenvalue weighted by atomic mass is 10.2. The lowest BCUT2D eigenvalue weighted by Crippen LogP contribution is -2.45. The molecule has 1 atom stereocenters. The third-order valence-electron chi connectivity index (χ3n) is 3.42. The Balaban J connectivity index is 0.00000264. The Morgan fingerprint density at radius 1 is 1.48 bits per heavy atom.